The van der Waals surface area contributed by atoms with Gasteiger partial charge in [-0.05, 0) is 80.4 Å². The molecular weight excluding hydrogens is 372 g/mol. The van der Waals surface area contributed by atoms with Gasteiger partial charge in [0.25, 0.3) is 0 Å². The first kappa shape index (κ1) is 22.6. The maximum Gasteiger partial charge on any atom is 0.314 e. The van der Waals surface area contributed by atoms with Crippen LogP contribution >= 0.6 is 0 Å². The summed E-state index contributed by atoms with van der Waals surface area (Å²) in [6.07, 6.45) is 15.4. The van der Waals surface area contributed by atoms with Gasteiger partial charge in [0.2, 0.25) is 0 Å². The second-order valence-electron chi connectivity index (χ2n) is 9.70. The highest BCUT2D eigenvalue weighted by atomic mass is 28.2. The van der Waals surface area contributed by atoms with E-state index in [0.29, 0.717) is 0 Å². The third kappa shape index (κ3) is 6.98. The highest BCUT2D eigenvalue weighted by Crippen LogP contribution is 2.42. The van der Waals surface area contributed by atoms with Gasteiger partial charge in [0.1, 0.15) is 5.75 Å². The van der Waals surface area contributed by atoms with Crippen LogP contribution in [0.3, 0.4) is 0 Å². The Bertz CT molecular complexity index is 596. The van der Waals surface area contributed by atoms with Crippen LogP contribution in [0, 0.1) is 23.7 Å². The number of rotatable bonds is 9. The van der Waals surface area contributed by atoms with Crippen molar-refractivity contribution in [3.05, 3.63) is 29.8 Å². The first-order chi connectivity index (χ1) is 14.2. The molecule has 2 saturated carbocycles. The molecule has 3 rings (SSSR count). The molecule has 0 spiro atoms. The van der Waals surface area contributed by atoms with Crippen molar-refractivity contribution in [3.8, 4) is 5.75 Å². The predicted molar refractivity (Wildman–Crippen MR) is 125 cm³/mol. The minimum Gasteiger partial charge on any atom is -0.426 e. The van der Waals surface area contributed by atoms with Crippen molar-refractivity contribution in [2.24, 2.45) is 23.7 Å². The average molecular weight is 415 g/mol. The first-order valence-electron chi connectivity index (χ1n) is 12.5. The van der Waals surface area contributed by atoms with E-state index in [1.54, 1.807) is 0 Å². The van der Waals surface area contributed by atoms with Gasteiger partial charge in [-0.25, -0.2) is 0 Å². The molecule has 0 bridgehead atoms. The van der Waals surface area contributed by atoms with E-state index in [9.17, 15) is 4.79 Å². The average Bonchev–Trinajstić information content (AvgIpc) is 2.76. The van der Waals surface area contributed by atoms with E-state index in [1.165, 1.54) is 69.4 Å². The normalized spacial score (nSPS) is 27.9. The summed E-state index contributed by atoms with van der Waals surface area (Å²) >= 11 is 0. The zero-order chi connectivity index (χ0) is 20.5. The van der Waals surface area contributed by atoms with Crippen LogP contribution in [0.15, 0.2) is 24.3 Å². The number of ether oxygens (including phenoxy) is 1. The smallest absolute Gasteiger partial charge is 0.314 e. The fourth-order valence-corrected chi connectivity index (χ4v) is 6.44. The third-order valence-electron chi connectivity index (χ3n) is 7.57. The molecule has 0 heterocycles. The van der Waals surface area contributed by atoms with Crippen LogP contribution in [0.1, 0.15) is 83.1 Å². The van der Waals surface area contributed by atoms with Crippen molar-refractivity contribution in [2.75, 3.05) is 0 Å². The quantitative estimate of drug-likeness (QED) is 0.198. The fourth-order valence-electron chi connectivity index (χ4n) is 5.69. The molecule has 2 aliphatic rings. The minimum absolute atomic E-state index is 0.000151. The summed E-state index contributed by atoms with van der Waals surface area (Å²) in [5.74, 6) is 3.59. The molecule has 2 fully saturated rings. The summed E-state index contributed by atoms with van der Waals surface area (Å²) in [5, 5.41) is 0. The summed E-state index contributed by atoms with van der Waals surface area (Å²) < 4.78 is 5.72. The maximum atomic E-state index is 12.6. The maximum absolute atomic E-state index is 12.6. The van der Waals surface area contributed by atoms with Crippen LogP contribution < -0.4 is 4.74 Å². The number of aryl methyl sites for hydroxylation is 1. The molecule has 162 valence electrons. The molecule has 0 aromatic heterocycles. The monoisotopic (exact) mass is 414 g/mol. The van der Waals surface area contributed by atoms with Gasteiger partial charge in [-0.1, -0.05) is 63.8 Å². The molecule has 0 saturated heterocycles. The zero-order valence-electron chi connectivity index (χ0n) is 18.8. The number of esters is 1. The van der Waals surface area contributed by atoms with Crippen LogP contribution in [-0.2, 0) is 11.2 Å². The van der Waals surface area contributed by atoms with Gasteiger partial charge in [0.15, 0.2) is 0 Å². The third-order valence-corrected chi connectivity index (χ3v) is 8.78. The Morgan fingerprint density at radius 2 is 1.59 bits per heavy atom. The van der Waals surface area contributed by atoms with E-state index in [2.05, 4.69) is 25.6 Å². The number of hydrogen-bond donors (Lipinski definition) is 0. The van der Waals surface area contributed by atoms with Gasteiger partial charge < -0.3 is 4.74 Å². The van der Waals surface area contributed by atoms with Gasteiger partial charge in [0, 0.05) is 9.52 Å². The van der Waals surface area contributed by atoms with Gasteiger partial charge in [0.05, 0.1) is 5.92 Å². The molecule has 1 aromatic rings. The second kappa shape index (κ2) is 11.9. The molecule has 3 heteroatoms. The fraction of sp³-hybridized carbons (Fsp3) is 0.731. The SMILES string of the molecule is CCC[C@H]1CC[C@H]([C@H]2CC[C@H](C(=O)Oc3ccc(CCC[SiH2]C)cc3)CC2)CC1. The van der Waals surface area contributed by atoms with E-state index < -0.39 is 0 Å². The van der Waals surface area contributed by atoms with Crippen molar-refractivity contribution in [3.63, 3.8) is 0 Å². The number of benzene rings is 1. The Balaban J connectivity index is 1.39. The van der Waals surface area contributed by atoms with Crippen LogP contribution in [0.5, 0.6) is 5.75 Å². The van der Waals surface area contributed by atoms with Crippen molar-refractivity contribution < 1.29 is 9.53 Å². The Kier molecular flexibility index (Phi) is 9.29. The second-order valence-corrected chi connectivity index (χ2v) is 11.4. The van der Waals surface area contributed by atoms with Crippen molar-refractivity contribution in [1.82, 2.24) is 0 Å². The zero-order valence-corrected chi connectivity index (χ0v) is 20.2. The standard InChI is InChI=1S/C26H42O2Si/c1-3-5-20-7-11-22(12-8-20)23-13-15-24(16-14-23)26(27)28-25-17-9-21(10-18-25)6-4-19-29-2/h9-10,17-18,20,22-24H,3-8,11-16,19,29H2,1-2H3/t20-,22-,23-,24-. The topological polar surface area (TPSA) is 26.3 Å². The molecule has 0 atom stereocenters. The number of carbonyl (C=O) groups is 1. The van der Waals surface area contributed by atoms with E-state index in [0.717, 1.165) is 42.8 Å². The van der Waals surface area contributed by atoms with Gasteiger partial charge in [-0.2, -0.15) is 0 Å². The minimum atomic E-state index is -0.000151. The van der Waals surface area contributed by atoms with Gasteiger partial charge >= 0.3 is 5.97 Å². The lowest BCUT2D eigenvalue weighted by Gasteiger charge is -2.37. The molecule has 2 nitrogen and oxygen atoms in total. The molecule has 1 aromatic carbocycles. The van der Waals surface area contributed by atoms with Crippen LogP contribution in [0.4, 0.5) is 0 Å². The van der Waals surface area contributed by atoms with E-state index in [1.807, 2.05) is 12.1 Å². The lowest BCUT2D eigenvalue weighted by atomic mass is 9.69. The first-order valence-corrected chi connectivity index (χ1v) is 14.9. The van der Waals surface area contributed by atoms with Crippen molar-refractivity contribution in [1.29, 1.82) is 0 Å². The number of hydrogen-bond acceptors (Lipinski definition) is 2. The molecule has 2 aliphatic carbocycles. The molecule has 29 heavy (non-hydrogen) atoms. The summed E-state index contributed by atoms with van der Waals surface area (Å²) in [5.41, 5.74) is 1.36. The van der Waals surface area contributed by atoms with E-state index in [-0.39, 0.29) is 21.4 Å². The van der Waals surface area contributed by atoms with Crippen LogP contribution in [0.25, 0.3) is 0 Å². The van der Waals surface area contributed by atoms with Crippen LogP contribution in [-0.4, -0.2) is 15.5 Å². The molecule has 0 unspecified atom stereocenters. The highest BCUT2D eigenvalue weighted by molar-refractivity contribution is 6.33. The number of carbonyl (C=O) groups excluding carboxylic acids is 1. The van der Waals surface area contributed by atoms with Crippen molar-refractivity contribution in [2.45, 2.75) is 96.6 Å². The summed E-state index contributed by atoms with van der Waals surface area (Å²) in [4.78, 5) is 12.6. The largest absolute Gasteiger partial charge is 0.426 e. The Hall–Kier alpha value is -1.09. The van der Waals surface area contributed by atoms with Gasteiger partial charge in [-0.3, -0.25) is 4.79 Å². The van der Waals surface area contributed by atoms with Gasteiger partial charge in [-0.15, -0.1) is 0 Å². The van der Waals surface area contributed by atoms with Crippen LogP contribution in [0.2, 0.25) is 12.6 Å². The summed E-state index contributed by atoms with van der Waals surface area (Å²) in [6, 6.07) is 9.64. The molecule has 0 N–H and O–H groups in total. The molecule has 0 amide bonds. The lowest BCUT2D eigenvalue weighted by molar-refractivity contribution is -0.140. The highest BCUT2D eigenvalue weighted by Gasteiger charge is 2.33. The Morgan fingerprint density at radius 3 is 2.17 bits per heavy atom. The lowest BCUT2D eigenvalue weighted by Crippen LogP contribution is -2.30. The predicted octanol–water partition coefficient (Wildman–Crippen LogP) is 6.57. The molecule has 0 aliphatic heterocycles. The Morgan fingerprint density at radius 1 is 0.966 bits per heavy atom. The Labute approximate surface area is 181 Å². The van der Waals surface area contributed by atoms with E-state index in [4.69, 9.17) is 4.74 Å². The molecular formula is C26H42O2Si. The summed E-state index contributed by atoms with van der Waals surface area (Å²) in [7, 11) is 0.179. The van der Waals surface area contributed by atoms with E-state index >= 15 is 0 Å². The summed E-state index contributed by atoms with van der Waals surface area (Å²) in [6.45, 7) is 4.68. The van der Waals surface area contributed by atoms with Crippen molar-refractivity contribution >= 4 is 15.5 Å². The molecule has 0 radical (unpaired) electrons.